The highest BCUT2D eigenvalue weighted by Crippen LogP contribution is 2.52. The van der Waals surface area contributed by atoms with Crippen molar-refractivity contribution in [3.05, 3.63) is 59.7 Å². The summed E-state index contributed by atoms with van der Waals surface area (Å²) in [5.74, 6) is 2.69. The molecule has 3 N–H and O–H groups in total. The fourth-order valence-electron chi connectivity index (χ4n) is 3.28. The van der Waals surface area contributed by atoms with Gasteiger partial charge in [-0.05, 0) is 60.9 Å². The van der Waals surface area contributed by atoms with E-state index in [1.54, 1.807) is 0 Å². The lowest BCUT2D eigenvalue weighted by molar-refractivity contribution is -0.0509. The van der Waals surface area contributed by atoms with E-state index in [0.29, 0.717) is 16.9 Å². The first-order valence-electron chi connectivity index (χ1n) is 8.54. The van der Waals surface area contributed by atoms with Crippen molar-refractivity contribution in [3.63, 3.8) is 0 Å². The predicted octanol–water partition coefficient (Wildman–Crippen LogP) is 4.30. The number of rotatable bonds is 6. The van der Waals surface area contributed by atoms with E-state index in [4.69, 9.17) is 10.5 Å². The van der Waals surface area contributed by atoms with Crippen LogP contribution in [0.3, 0.4) is 0 Å². The molecule has 3 rings (SSSR count). The predicted molar refractivity (Wildman–Crippen MR) is 95.8 cm³/mol. The van der Waals surface area contributed by atoms with Crippen LogP contribution in [0.1, 0.15) is 30.4 Å². The van der Waals surface area contributed by atoms with Crippen molar-refractivity contribution in [2.24, 2.45) is 17.6 Å². The summed E-state index contributed by atoms with van der Waals surface area (Å²) in [6.07, 6.45) is 1.04. The van der Waals surface area contributed by atoms with Gasteiger partial charge in [0.1, 0.15) is 11.5 Å². The van der Waals surface area contributed by atoms with E-state index >= 15 is 0 Å². The summed E-state index contributed by atoms with van der Waals surface area (Å²) in [5.41, 5.74) is 7.50. The minimum absolute atomic E-state index is 0.184. The molecular weight excluding hydrogens is 316 g/mol. The molecule has 1 saturated carbocycles. The third kappa shape index (κ3) is 4.31. The third-order valence-electron chi connectivity index (χ3n) is 4.83. The van der Waals surface area contributed by atoms with Gasteiger partial charge in [0.15, 0.2) is 0 Å². The maximum atomic E-state index is 11.0. The van der Waals surface area contributed by atoms with Crippen LogP contribution in [-0.2, 0) is 0 Å². The number of hydroxylamine groups is 2. The van der Waals surface area contributed by atoms with Crippen LogP contribution in [-0.4, -0.2) is 22.8 Å². The number of primary amides is 1. The lowest BCUT2D eigenvalue weighted by Crippen LogP contribution is -2.36. The molecule has 1 aliphatic carbocycles. The van der Waals surface area contributed by atoms with Gasteiger partial charge in [-0.25, -0.2) is 9.86 Å². The molecule has 0 bridgehead atoms. The van der Waals surface area contributed by atoms with Crippen molar-refractivity contribution in [2.45, 2.75) is 26.2 Å². The van der Waals surface area contributed by atoms with Crippen molar-refractivity contribution < 1.29 is 14.7 Å². The Labute approximate surface area is 148 Å². The molecule has 0 unspecified atom stereocenters. The molecule has 0 aromatic heterocycles. The molecule has 2 aromatic carbocycles. The molecule has 0 spiro atoms. The number of ether oxygens (including phenoxy) is 1. The van der Waals surface area contributed by atoms with Crippen LogP contribution < -0.4 is 10.5 Å². The molecule has 25 heavy (non-hydrogen) atoms. The Hall–Kier alpha value is -2.53. The average Bonchev–Trinajstić information content (AvgIpc) is 3.38. The highest BCUT2D eigenvalue weighted by molar-refractivity contribution is 5.70. The Morgan fingerprint density at radius 1 is 1.28 bits per heavy atom. The molecule has 3 atom stereocenters. The first-order chi connectivity index (χ1) is 11.9. The second-order valence-corrected chi connectivity index (χ2v) is 6.89. The number of amides is 2. The average molecular weight is 340 g/mol. The minimum atomic E-state index is -0.808. The molecule has 1 aliphatic rings. The van der Waals surface area contributed by atoms with E-state index in [1.807, 2.05) is 50.2 Å². The third-order valence-corrected chi connectivity index (χ3v) is 4.83. The molecule has 1 fully saturated rings. The van der Waals surface area contributed by atoms with E-state index in [0.717, 1.165) is 17.9 Å². The monoisotopic (exact) mass is 340 g/mol. The number of benzene rings is 2. The van der Waals surface area contributed by atoms with Gasteiger partial charge in [0, 0.05) is 0 Å². The van der Waals surface area contributed by atoms with Crippen molar-refractivity contribution in [1.82, 2.24) is 5.06 Å². The Kier molecular flexibility index (Phi) is 4.95. The second kappa shape index (κ2) is 7.15. The van der Waals surface area contributed by atoms with E-state index in [9.17, 15) is 10.0 Å². The van der Waals surface area contributed by atoms with E-state index < -0.39 is 6.03 Å². The van der Waals surface area contributed by atoms with Gasteiger partial charge >= 0.3 is 6.03 Å². The largest absolute Gasteiger partial charge is 0.457 e. The Morgan fingerprint density at radius 2 is 2.00 bits per heavy atom. The van der Waals surface area contributed by atoms with E-state index in [2.05, 4.69) is 12.1 Å². The van der Waals surface area contributed by atoms with Gasteiger partial charge in [0.2, 0.25) is 0 Å². The summed E-state index contributed by atoms with van der Waals surface area (Å²) in [6.45, 7) is 4.34. The summed E-state index contributed by atoms with van der Waals surface area (Å²) in [5, 5.41) is 10.1. The molecule has 5 heteroatoms. The summed E-state index contributed by atoms with van der Waals surface area (Å²) in [7, 11) is 0. The Morgan fingerprint density at radius 3 is 2.68 bits per heavy atom. The van der Waals surface area contributed by atoms with Crippen molar-refractivity contribution in [3.8, 4) is 11.5 Å². The molecule has 132 valence electrons. The SMILES string of the molecule is Cc1ccc(Oc2cccc([C@@H]3C[C@H]3[C@H](C)CN(O)C(N)=O)c2)cc1. The van der Waals surface area contributed by atoms with Gasteiger partial charge in [0.05, 0.1) is 6.54 Å². The fraction of sp³-hybridized carbons (Fsp3) is 0.350. The molecule has 2 aromatic rings. The van der Waals surface area contributed by atoms with Gasteiger partial charge in [0.25, 0.3) is 0 Å². The summed E-state index contributed by atoms with van der Waals surface area (Å²) in [4.78, 5) is 11.0. The summed E-state index contributed by atoms with van der Waals surface area (Å²) >= 11 is 0. The van der Waals surface area contributed by atoms with E-state index in [-0.39, 0.29) is 12.5 Å². The number of carbonyl (C=O) groups excluding carboxylic acids is 1. The van der Waals surface area contributed by atoms with Crippen LogP contribution >= 0.6 is 0 Å². The van der Waals surface area contributed by atoms with Crippen LogP contribution in [0.25, 0.3) is 0 Å². The maximum absolute atomic E-state index is 11.0. The first kappa shape index (κ1) is 17.3. The quantitative estimate of drug-likeness (QED) is 0.608. The zero-order chi connectivity index (χ0) is 18.0. The van der Waals surface area contributed by atoms with Crippen molar-refractivity contribution >= 4 is 6.03 Å². The molecular formula is C20H24N2O3. The van der Waals surface area contributed by atoms with Gasteiger partial charge in [-0.1, -0.05) is 36.8 Å². The zero-order valence-corrected chi connectivity index (χ0v) is 14.6. The van der Waals surface area contributed by atoms with E-state index in [1.165, 1.54) is 11.1 Å². The number of hydrogen-bond donors (Lipinski definition) is 2. The normalized spacial score (nSPS) is 20.0. The topological polar surface area (TPSA) is 75.8 Å². The van der Waals surface area contributed by atoms with Crippen LogP contribution in [0.2, 0.25) is 0 Å². The summed E-state index contributed by atoms with van der Waals surface area (Å²) < 4.78 is 5.93. The van der Waals surface area contributed by atoms with Gasteiger partial charge in [-0.3, -0.25) is 5.21 Å². The first-order valence-corrected chi connectivity index (χ1v) is 8.54. The molecule has 0 aliphatic heterocycles. The Bertz CT molecular complexity index is 745. The molecule has 0 saturated heterocycles. The number of nitrogens with zero attached hydrogens (tertiary/aromatic N) is 1. The number of aryl methyl sites for hydroxylation is 1. The highest BCUT2D eigenvalue weighted by atomic mass is 16.5. The van der Waals surface area contributed by atoms with Gasteiger partial charge < -0.3 is 10.5 Å². The molecule has 0 heterocycles. The van der Waals surface area contributed by atoms with Crippen LogP contribution in [0, 0.1) is 18.8 Å². The van der Waals surface area contributed by atoms with Crippen molar-refractivity contribution in [2.75, 3.05) is 6.54 Å². The van der Waals surface area contributed by atoms with Crippen molar-refractivity contribution in [1.29, 1.82) is 0 Å². The van der Waals surface area contributed by atoms with Gasteiger partial charge in [-0.15, -0.1) is 0 Å². The van der Waals surface area contributed by atoms with Crippen LogP contribution in [0.15, 0.2) is 48.5 Å². The number of carbonyl (C=O) groups is 1. The second-order valence-electron chi connectivity index (χ2n) is 6.89. The molecule has 5 nitrogen and oxygen atoms in total. The number of hydrogen-bond acceptors (Lipinski definition) is 3. The smallest absolute Gasteiger partial charge is 0.338 e. The molecule has 0 radical (unpaired) electrons. The van der Waals surface area contributed by atoms with Gasteiger partial charge in [-0.2, -0.15) is 0 Å². The minimum Gasteiger partial charge on any atom is -0.457 e. The Balaban J connectivity index is 1.63. The highest BCUT2D eigenvalue weighted by Gasteiger charge is 2.42. The van der Waals surface area contributed by atoms with Crippen LogP contribution in [0.5, 0.6) is 11.5 Å². The number of nitrogens with two attached hydrogens (primary N) is 1. The van der Waals surface area contributed by atoms with Crippen LogP contribution in [0.4, 0.5) is 4.79 Å². The maximum Gasteiger partial charge on any atom is 0.338 e. The zero-order valence-electron chi connectivity index (χ0n) is 14.6. The standard InChI is InChI=1S/C20H24N2O3/c1-13-6-8-16(9-7-13)25-17-5-3-4-15(10-17)19-11-18(19)14(2)12-22(24)20(21)23/h3-10,14,18-19,24H,11-12H2,1-2H3,(H2,21,23)/t14-,18+,19+/m1/s1. The lowest BCUT2D eigenvalue weighted by atomic mass is 10.0. The summed E-state index contributed by atoms with van der Waals surface area (Å²) in [6, 6.07) is 15.3. The fourth-order valence-corrected chi connectivity index (χ4v) is 3.28. The lowest BCUT2D eigenvalue weighted by Gasteiger charge is -2.17. The number of urea groups is 1. The molecule has 2 amide bonds.